The van der Waals surface area contributed by atoms with Crippen LogP contribution in [0.4, 0.5) is 4.79 Å². The Hall–Kier alpha value is -1.55. The third kappa shape index (κ3) is 3.75. The highest BCUT2D eigenvalue weighted by Gasteiger charge is 2.20. The highest BCUT2D eigenvalue weighted by molar-refractivity contribution is 5.70. The van der Waals surface area contributed by atoms with E-state index in [1.807, 2.05) is 18.2 Å². The Bertz CT molecular complexity index is 367. The topological polar surface area (TPSA) is 50.4 Å². The van der Waals surface area contributed by atoms with Crippen LogP contribution in [-0.2, 0) is 0 Å². The van der Waals surface area contributed by atoms with Gasteiger partial charge in [0.15, 0.2) is 0 Å². The molecule has 0 aromatic heterocycles. The number of carbonyl (C=O) groups excluding carboxylic acids is 1. The molecule has 4 heteroatoms. The lowest BCUT2D eigenvalue weighted by Gasteiger charge is -2.28. The van der Waals surface area contributed by atoms with Crippen LogP contribution in [0.5, 0.6) is 5.75 Å². The van der Waals surface area contributed by atoms with E-state index in [0.717, 1.165) is 19.4 Å². The van der Waals surface area contributed by atoms with E-state index in [2.05, 4.69) is 17.6 Å². The van der Waals surface area contributed by atoms with Crippen LogP contribution in [0.1, 0.15) is 19.8 Å². The lowest BCUT2D eigenvalue weighted by molar-refractivity contribution is 0.190. The second kappa shape index (κ2) is 5.68. The van der Waals surface area contributed by atoms with E-state index < -0.39 is 0 Å². The summed E-state index contributed by atoms with van der Waals surface area (Å²) in [6.07, 6.45) is 1.54. The minimum absolute atomic E-state index is 0.211. The van der Waals surface area contributed by atoms with Crippen molar-refractivity contribution in [2.45, 2.75) is 31.8 Å². The predicted molar refractivity (Wildman–Crippen MR) is 66.1 cm³/mol. The van der Waals surface area contributed by atoms with Crippen LogP contribution in [-0.4, -0.2) is 24.7 Å². The molecule has 4 nitrogen and oxygen atoms in total. The van der Waals surface area contributed by atoms with E-state index in [-0.39, 0.29) is 12.1 Å². The van der Waals surface area contributed by atoms with E-state index in [9.17, 15) is 4.79 Å². The van der Waals surface area contributed by atoms with Crippen LogP contribution in [0.15, 0.2) is 30.3 Å². The summed E-state index contributed by atoms with van der Waals surface area (Å²) in [6.45, 7) is 3.06. The first kappa shape index (κ1) is 11.9. The molecular formula is C13H18N2O2. The molecule has 17 heavy (non-hydrogen) atoms. The molecule has 2 atom stereocenters. The molecule has 2 rings (SSSR count). The summed E-state index contributed by atoms with van der Waals surface area (Å²) >= 11 is 0. The molecule has 1 aliphatic rings. The zero-order valence-corrected chi connectivity index (χ0v) is 9.98. The van der Waals surface area contributed by atoms with Gasteiger partial charge in [0, 0.05) is 12.1 Å². The second-order valence-electron chi connectivity index (χ2n) is 4.42. The lowest BCUT2D eigenvalue weighted by Crippen LogP contribution is -2.47. The number of hydrogen-bond donors (Lipinski definition) is 2. The summed E-state index contributed by atoms with van der Waals surface area (Å²) in [5.74, 6) is 0.576. The van der Waals surface area contributed by atoms with E-state index >= 15 is 0 Å². The van der Waals surface area contributed by atoms with Crippen LogP contribution < -0.4 is 15.4 Å². The van der Waals surface area contributed by atoms with E-state index in [1.54, 1.807) is 12.1 Å². The smallest absolute Gasteiger partial charge is 0.410 e. The number of para-hydroxylation sites is 1. The Morgan fingerprint density at radius 2 is 2.18 bits per heavy atom. The third-order valence-electron chi connectivity index (χ3n) is 2.90. The monoisotopic (exact) mass is 234 g/mol. The fraction of sp³-hybridized carbons (Fsp3) is 0.462. The standard InChI is InChI=1S/C13H18N2O2/c1-10-9-11(7-8-14-10)15-13(16)17-12-5-3-2-4-6-12/h2-6,10-11,14H,7-9H2,1H3,(H,15,16). The molecule has 0 aliphatic carbocycles. The van der Waals surface area contributed by atoms with Gasteiger partial charge in [0.2, 0.25) is 0 Å². The van der Waals surface area contributed by atoms with Gasteiger partial charge in [0.25, 0.3) is 0 Å². The third-order valence-corrected chi connectivity index (χ3v) is 2.90. The molecule has 1 aliphatic heterocycles. The fourth-order valence-electron chi connectivity index (χ4n) is 2.05. The van der Waals surface area contributed by atoms with Crippen molar-refractivity contribution in [1.29, 1.82) is 0 Å². The van der Waals surface area contributed by atoms with Crippen LogP contribution in [0.25, 0.3) is 0 Å². The number of piperidine rings is 1. The molecule has 1 aromatic carbocycles. The van der Waals surface area contributed by atoms with Gasteiger partial charge in [0.1, 0.15) is 5.75 Å². The molecule has 0 radical (unpaired) electrons. The lowest BCUT2D eigenvalue weighted by atomic mass is 10.0. The Morgan fingerprint density at radius 3 is 2.88 bits per heavy atom. The predicted octanol–water partition coefficient (Wildman–Crippen LogP) is 1.92. The summed E-state index contributed by atoms with van der Waals surface area (Å²) in [7, 11) is 0. The zero-order chi connectivity index (χ0) is 12.1. The van der Waals surface area contributed by atoms with Gasteiger partial charge in [-0.3, -0.25) is 0 Å². The normalized spacial score (nSPS) is 24.1. The molecule has 92 valence electrons. The molecule has 0 bridgehead atoms. The average Bonchev–Trinajstić information content (AvgIpc) is 2.30. The summed E-state index contributed by atoms with van der Waals surface area (Å²) in [4.78, 5) is 11.6. The van der Waals surface area contributed by atoms with Crippen molar-refractivity contribution < 1.29 is 9.53 Å². The molecule has 1 heterocycles. The summed E-state index contributed by atoms with van der Waals surface area (Å²) < 4.78 is 5.18. The van der Waals surface area contributed by atoms with Gasteiger partial charge in [-0.2, -0.15) is 0 Å². The number of rotatable bonds is 2. The van der Waals surface area contributed by atoms with Crippen LogP contribution in [0.3, 0.4) is 0 Å². The largest absolute Gasteiger partial charge is 0.412 e. The van der Waals surface area contributed by atoms with Gasteiger partial charge in [-0.1, -0.05) is 18.2 Å². The van der Waals surface area contributed by atoms with E-state index in [1.165, 1.54) is 0 Å². The number of ether oxygens (including phenoxy) is 1. The highest BCUT2D eigenvalue weighted by Crippen LogP contribution is 2.11. The van der Waals surface area contributed by atoms with Gasteiger partial charge in [-0.05, 0) is 38.4 Å². The molecular weight excluding hydrogens is 216 g/mol. The number of carbonyl (C=O) groups is 1. The maximum Gasteiger partial charge on any atom is 0.412 e. The van der Waals surface area contributed by atoms with Crippen molar-refractivity contribution in [1.82, 2.24) is 10.6 Å². The molecule has 0 spiro atoms. The quantitative estimate of drug-likeness (QED) is 0.822. The van der Waals surface area contributed by atoms with Crippen molar-refractivity contribution in [3.63, 3.8) is 0 Å². The van der Waals surface area contributed by atoms with Gasteiger partial charge >= 0.3 is 6.09 Å². The summed E-state index contributed by atoms with van der Waals surface area (Å²) in [5, 5.41) is 6.24. The molecule has 1 amide bonds. The number of hydrogen-bond acceptors (Lipinski definition) is 3. The highest BCUT2D eigenvalue weighted by atomic mass is 16.6. The van der Waals surface area contributed by atoms with Gasteiger partial charge in [-0.15, -0.1) is 0 Å². The molecule has 2 N–H and O–H groups in total. The van der Waals surface area contributed by atoms with Crippen molar-refractivity contribution in [2.75, 3.05) is 6.54 Å². The molecule has 1 saturated heterocycles. The Morgan fingerprint density at radius 1 is 1.41 bits per heavy atom. The fourth-order valence-corrected chi connectivity index (χ4v) is 2.05. The van der Waals surface area contributed by atoms with Gasteiger partial charge in [0.05, 0.1) is 0 Å². The SMILES string of the molecule is CC1CC(NC(=O)Oc2ccccc2)CCN1. The second-order valence-corrected chi connectivity index (χ2v) is 4.42. The van der Waals surface area contributed by atoms with Crippen molar-refractivity contribution in [3.8, 4) is 5.75 Å². The van der Waals surface area contributed by atoms with Gasteiger partial charge in [-0.25, -0.2) is 4.79 Å². The average molecular weight is 234 g/mol. The summed E-state index contributed by atoms with van der Waals surface area (Å²) in [5.41, 5.74) is 0. The minimum atomic E-state index is -0.365. The van der Waals surface area contributed by atoms with E-state index in [4.69, 9.17) is 4.74 Å². The van der Waals surface area contributed by atoms with Crippen molar-refractivity contribution in [2.24, 2.45) is 0 Å². The van der Waals surface area contributed by atoms with Crippen molar-refractivity contribution >= 4 is 6.09 Å². The Kier molecular flexibility index (Phi) is 3.98. The maximum absolute atomic E-state index is 11.6. The molecule has 2 unspecified atom stereocenters. The van der Waals surface area contributed by atoms with Gasteiger partial charge < -0.3 is 15.4 Å². The number of amides is 1. The Balaban J connectivity index is 1.81. The molecule has 0 saturated carbocycles. The zero-order valence-electron chi connectivity index (χ0n) is 9.98. The van der Waals surface area contributed by atoms with Crippen LogP contribution in [0.2, 0.25) is 0 Å². The Labute approximate surface area is 101 Å². The summed E-state index contributed by atoms with van der Waals surface area (Å²) in [6, 6.07) is 9.77. The first-order chi connectivity index (χ1) is 8.24. The van der Waals surface area contributed by atoms with E-state index in [0.29, 0.717) is 11.8 Å². The molecule has 1 aromatic rings. The minimum Gasteiger partial charge on any atom is -0.410 e. The number of benzene rings is 1. The first-order valence-electron chi connectivity index (χ1n) is 6.01. The maximum atomic E-state index is 11.6. The van der Waals surface area contributed by atoms with Crippen molar-refractivity contribution in [3.05, 3.63) is 30.3 Å². The molecule has 1 fully saturated rings. The van der Waals surface area contributed by atoms with Crippen LogP contribution in [0, 0.1) is 0 Å². The van der Waals surface area contributed by atoms with Crippen LogP contribution >= 0.6 is 0 Å². The first-order valence-corrected chi connectivity index (χ1v) is 6.01. The number of nitrogens with one attached hydrogen (secondary N) is 2.